The average Bonchev–Trinajstić information content (AvgIpc) is 3.32. The third-order valence-electron chi connectivity index (χ3n) is 6.36. The smallest absolute Gasteiger partial charge is 0.332 e. The highest BCUT2D eigenvalue weighted by atomic mass is 16.2. The highest BCUT2D eigenvalue weighted by Gasteiger charge is 2.19. The Hall–Kier alpha value is -4.14. The molecule has 0 unspecified atom stereocenters. The molecular weight excluding hydrogens is 456 g/mol. The number of nitrogens with zero attached hydrogens (tertiary/aromatic N) is 5. The Morgan fingerprint density at radius 3 is 2.36 bits per heavy atom. The van der Waals surface area contributed by atoms with Gasteiger partial charge in [-0.05, 0) is 57.0 Å². The molecule has 1 amide bonds. The fourth-order valence-electron chi connectivity index (χ4n) is 4.35. The first-order chi connectivity index (χ1) is 17.4. The maximum absolute atomic E-state index is 13.4. The van der Waals surface area contributed by atoms with E-state index in [1.807, 2.05) is 62.4 Å². The topological polar surface area (TPSA) is 94.2 Å². The number of anilines is 2. The van der Waals surface area contributed by atoms with Gasteiger partial charge in [0.05, 0.1) is 12.1 Å². The molecule has 0 atom stereocenters. The lowest BCUT2D eigenvalue weighted by atomic mass is 10.1. The number of hydrogen-bond donors (Lipinski definition) is 1. The molecule has 0 fully saturated rings. The molecule has 2 aromatic heterocycles. The second-order valence-corrected chi connectivity index (χ2v) is 8.68. The zero-order valence-corrected chi connectivity index (χ0v) is 21.2. The zero-order chi connectivity index (χ0) is 25.8. The SMILES string of the molecule is CCN(CC)c1ccc(NC(=O)Cn2c(=O)n(Cc3ccccc3)c(=O)c3nn(CC)cc32)c(C)c1. The zero-order valence-electron chi connectivity index (χ0n) is 21.2. The Bertz CT molecular complexity index is 1500. The van der Waals surface area contributed by atoms with Gasteiger partial charge in [0.15, 0.2) is 5.52 Å². The van der Waals surface area contributed by atoms with E-state index in [4.69, 9.17) is 0 Å². The van der Waals surface area contributed by atoms with Crippen LogP contribution in [0.5, 0.6) is 0 Å². The Labute approximate surface area is 209 Å². The predicted molar refractivity (Wildman–Crippen MR) is 143 cm³/mol. The van der Waals surface area contributed by atoms with Gasteiger partial charge in [-0.2, -0.15) is 5.10 Å². The summed E-state index contributed by atoms with van der Waals surface area (Å²) >= 11 is 0. The van der Waals surface area contributed by atoms with Crippen molar-refractivity contribution in [3.8, 4) is 0 Å². The standard InChI is InChI=1S/C27H32N6O3/c1-5-30(6-2)21-13-14-22(19(4)15-21)28-24(34)18-32-23-17-31(7-3)29-25(23)26(35)33(27(32)36)16-20-11-9-8-10-12-20/h8-15,17H,5-7,16,18H2,1-4H3,(H,28,34). The molecule has 1 N–H and O–H groups in total. The van der Waals surface area contributed by atoms with Crippen LogP contribution in [0.4, 0.5) is 11.4 Å². The quantitative estimate of drug-likeness (QED) is 0.390. The molecule has 2 heterocycles. The van der Waals surface area contributed by atoms with Gasteiger partial charge in [0.1, 0.15) is 6.54 Å². The van der Waals surface area contributed by atoms with E-state index < -0.39 is 11.2 Å². The van der Waals surface area contributed by atoms with Crippen molar-refractivity contribution in [2.75, 3.05) is 23.3 Å². The van der Waals surface area contributed by atoms with Crippen molar-refractivity contribution in [1.29, 1.82) is 0 Å². The van der Waals surface area contributed by atoms with E-state index in [9.17, 15) is 14.4 Å². The monoisotopic (exact) mass is 488 g/mol. The molecule has 0 aliphatic rings. The molecule has 9 heteroatoms. The normalized spacial score (nSPS) is 11.1. The van der Waals surface area contributed by atoms with E-state index in [0.29, 0.717) is 17.7 Å². The molecule has 36 heavy (non-hydrogen) atoms. The van der Waals surface area contributed by atoms with E-state index in [0.717, 1.165) is 34.5 Å². The third-order valence-corrected chi connectivity index (χ3v) is 6.36. The number of aryl methyl sites for hydroxylation is 2. The van der Waals surface area contributed by atoms with Crippen molar-refractivity contribution in [3.05, 3.63) is 86.7 Å². The number of fused-ring (bicyclic) bond motifs is 1. The molecule has 0 radical (unpaired) electrons. The van der Waals surface area contributed by atoms with E-state index in [2.05, 4.69) is 29.2 Å². The molecule has 4 rings (SSSR count). The Morgan fingerprint density at radius 1 is 1.00 bits per heavy atom. The van der Waals surface area contributed by atoms with Crippen LogP contribution in [-0.4, -0.2) is 37.9 Å². The number of hydrogen-bond acceptors (Lipinski definition) is 5. The average molecular weight is 489 g/mol. The van der Waals surface area contributed by atoms with Gasteiger partial charge in [0.2, 0.25) is 5.91 Å². The second kappa shape index (κ2) is 10.6. The molecule has 2 aromatic carbocycles. The van der Waals surface area contributed by atoms with Gasteiger partial charge in [-0.15, -0.1) is 0 Å². The minimum absolute atomic E-state index is 0.0982. The Balaban J connectivity index is 1.68. The number of nitrogens with one attached hydrogen (secondary N) is 1. The lowest BCUT2D eigenvalue weighted by molar-refractivity contribution is -0.116. The van der Waals surface area contributed by atoms with E-state index in [-0.39, 0.29) is 24.5 Å². The maximum Gasteiger partial charge on any atom is 0.332 e. The van der Waals surface area contributed by atoms with Crippen LogP contribution in [0.25, 0.3) is 11.0 Å². The molecule has 0 saturated carbocycles. The third kappa shape index (κ3) is 4.95. The van der Waals surface area contributed by atoms with Gasteiger partial charge >= 0.3 is 5.69 Å². The fraction of sp³-hybridized carbons (Fsp3) is 0.333. The Kier molecular flexibility index (Phi) is 7.38. The van der Waals surface area contributed by atoms with Crippen molar-refractivity contribution in [2.24, 2.45) is 0 Å². The summed E-state index contributed by atoms with van der Waals surface area (Å²) in [6, 6.07) is 15.2. The fourth-order valence-corrected chi connectivity index (χ4v) is 4.35. The second-order valence-electron chi connectivity index (χ2n) is 8.68. The van der Waals surface area contributed by atoms with Crippen LogP contribution in [0, 0.1) is 6.92 Å². The largest absolute Gasteiger partial charge is 0.372 e. The molecule has 0 bridgehead atoms. The lowest BCUT2D eigenvalue weighted by Crippen LogP contribution is -2.41. The molecule has 0 aliphatic carbocycles. The summed E-state index contributed by atoms with van der Waals surface area (Å²) in [4.78, 5) is 41.9. The van der Waals surface area contributed by atoms with Crippen molar-refractivity contribution in [3.63, 3.8) is 0 Å². The van der Waals surface area contributed by atoms with Gasteiger partial charge in [0.25, 0.3) is 5.56 Å². The number of amides is 1. The van der Waals surface area contributed by atoms with Crippen LogP contribution in [0.1, 0.15) is 31.9 Å². The minimum atomic E-state index is -0.546. The van der Waals surface area contributed by atoms with Gasteiger partial charge in [-0.3, -0.25) is 23.4 Å². The molecule has 188 valence electrons. The summed E-state index contributed by atoms with van der Waals surface area (Å²) in [5, 5.41) is 7.30. The first-order valence-electron chi connectivity index (χ1n) is 12.3. The Morgan fingerprint density at radius 2 is 1.72 bits per heavy atom. The van der Waals surface area contributed by atoms with Gasteiger partial charge < -0.3 is 10.2 Å². The lowest BCUT2D eigenvalue weighted by Gasteiger charge is -2.22. The van der Waals surface area contributed by atoms with Gasteiger partial charge in [-0.1, -0.05) is 30.3 Å². The van der Waals surface area contributed by atoms with E-state index in [1.54, 1.807) is 10.9 Å². The van der Waals surface area contributed by atoms with E-state index in [1.165, 1.54) is 4.57 Å². The maximum atomic E-state index is 13.4. The summed E-state index contributed by atoms with van der Waals surface area (Å²) < 4.78 is 4.07. The van der Waals surface area contributed by atoms with Crippen molar-refractivity contribution in [1.82, 2.24) is 18.9 Å². The number of benzene rings is 2. The number of rotatable bonds is 9. The van der Waals surface area contributed by atoms with Crippen LogP contribution >= 0.6 is 0 Å². The minimum Gasteiger partial charge on any atom is -0.372 e. The molecular formula is C27H32N6O3. The van der Waals surface area contributed by atoms with Gasteiger partial charge in [0, 0.05) is 37.2 Å². The predicted octanol–water partition coefficient (Wildman–Crippen LogP) is 3.22. The van der Waals surface area contributed by atoms with Crippen LogP contribution in [0.3, 0.4) is 0 Å². The number of aromatic nitrogens is 4. The summed E-state index contributed by atoms with van der Waals surface area (Å²) in [6.07, 6.45) is 1.64. The summed E-state index contributed by atoms with van der Waals surface area (Å²) in [5.74, 6) is -0.355. The van der Waals surface area contributed by atoms with Crippen LogP contribution in [0.15, 0.2) is 64.3 Å². The number of carbonyl (C=O) groups is 1. The summed E-state index contributed by atoms with van der Waals surface area (Å²) in [6.45, 7) is 10.2. The number of carbonyl (C=O) groups excluding carboxylic acids is 1. The van der Waals surface area contributed by atoms with Crippen LogP contribution in [0.2, 0.25) is 0 Å². The van der Waals surface area contributed by atoms with Crippen molar-refractivity contribution >= 4 is 28.3 Å². The first-order valence-corrected chi connectivity index (χ1v) is 12.3. The molecule has 4 aromatic rings. The highest BCUT2D eigenvalue weighted by Crippen LogP contribution is 2.22. The first kappa shape index (κ1) is 25.0. The molecule has 9 nitrogen and oxygen atoms in total. The van der Waals surface area contributed by atoms with Crippen LogP contribution in [-0.2, 0) is 24.4 Å². The molecule has 0 aliphatic heterocycles. The van der Waals surface area contributed by atoms with Crippen molar-refractivity contribution < 1.29 is 4.79 Å². The van der Waals surface area contributed by atoms with Crippen molar-refractivity contribution in [2.45, 2.75) is 47.3 Å². The van der Waals surface area contributed by atoms with Crippen LogP contribution < -0.4 is 21.5 Å². The summed E-state index contributed by atoms with van der Waals surface area (Å²) in [5.41, 5.74) is 3.01. The highest BCUT2D eigenvalue weighted by molar-refractivity contribution is 5.92. The molecule has 0 spiro atoms. The van der Waals surface area contributed by atoms with E-state index >= 15 is 0 Å². The van der Waals surface area contributed by atoms with Gasteiger partial charge in [-0.25, -0.2) is 4.79 Å². The summed E-state index contributed by atoms with van der Waals surface area (Å²) in [7, 11) is 0. The molecule has 0 saturated heterocycles.